The molecule has 0 saturated heterocycles. The van der Waals surface area contributed by atoms with Gasteiger partial charge in [0.25, 0.3) is 0 Å². The zero-order valence-electron chi connectivity index (χ0n) is 18.2. The summed E-state index contributed by atoms with van der Waals surface area (Å²) in [6.45, 7) is 2.25. The molecule has 1 aliphatic carbocycles. The Labute approximate surface area is 187 Å². The fraction of sp³-hybridized carbons (Fsp3) is 0.321. The monoisotopic (exact) mass is 432 g/mol. The molecule has 3 aromatic rings. The smallest absolute Gasteiger partial charge is 0.343 e. The SMILES string of the molecule is CCCC1CCC(C#Cc2ccc(C(=O)Oc3ccc4c(F)c(F)ccc4c3)cc2)CC1. The van der Waals surface area contributed by atoms with Gasteiger partial charge in [0.15, 0.2) is 11.6 Å². The third-order valence-electron chi connectivity index (χ3n) is 6.17. The third-order valence-corrected chi connectivity index (χ3v) is 6.17. The van der Waals surface area contributed by atoms with Crippen LogP contribution < -0.4 is 4.74 Å². The number of carbonyl (C=O) groups is 1. The summed E-state index contributed by atoms with van der Waals surface area (Å²) in [5, 5.41) is 0.607. The molecule has 1 fully saturated rings. The Bertz CT molecular complexity index is 1160. The highest BCUT2D eigenvalue weighted by atomic mass is 19.2. The molecule has 0 radical (unpaired) electrons. The Hall–Kier alpha value is -3.19. The molecule has 4 heteroatoms. The standard InChI is InChI=1S/C28H26F2O2/c1-2-3-19-4-6-20(7-5-19)8-9-21-10-12-22(13-11-21)28(31)32-24-15-16-25-23(18-24)14-17-26(29)27(25)30/h10-20H,2-7H2,1H3. The second-order valence-electron chi connectivity index (χ2n) is 8.49. The number of benzene rings is 3. The molecule has 1 aliphatic rings. The Morgan fingerprint density at radius 2 is 1.75 bits per heavy atom. The van der Waals surface area contributed by atoms with E-state index in [1.54, 1.807) is 12.1 Å². The average molecular weight is 433 g/mol. The molecule has 0 aromatic heterocycles. The van der Waals surface area contributed by atoms with Crippen molar-refractivity contribution in [2.75, 3.05) is 0 Å². The summed E-state index contributed by atoms with van der Waals surface area (Å²) in [4.78, 5) is 12.5. The van der Waals surface area contributed by atoms with Gasteiger partial charge >= 0.3 is 5.97 Å². The van der Waals surface area contributed by atoms with Crippen LogP contribution in [0.15, 0.2) is 54.6 Å². The van der Waals surface area contributed by atoms with Gasteiger partial charge in [-0.2, -0.15) is 0 Å². The molecule has 0 bridgehead atoms. The molecule has 3 aromatic carbocycles. The maximum Gasteiger partial charge on any atom is 0.343 e. The fourth-order valence-corrected chi connectivity index (χ4v) is 4.35. The van der Waals surface area contributed by atoms with E-state index in [1.165, 1.54) is 62.8 Å². The van der Waals surface area contributed by atoms with Crippen LogP contribution in [0.1, 0.15) is 61.4 Å². The summed E-state index contributed by atoms with van der Waals surface area (Å²) in [5.41, 5.74) is 1.28. The normalized spacial score (nSPS) is 18.1. The summed E-state index contributed by atoms with van der Waals surface area (Å²) in [6, 6.07) is 13.9. The zero-order valence-corrected chi connectivity index (χ0v) is 18.2. The van der Waals surface area contributed by atoms with Gasteiger partial charge in [-0.05, 0) is 85.5 Å². The predicted octanol–water partition coefficient (Wildman–Crippen LogP) is 7.30. The Morgan fingerprint density at radius 3 is 2.47 bits per heavy atom. The van der Waals surface area contributed by atoms with E-state index in [-0.39, 0.29) is 11.1 Å². The van der Waals surface area contributed by atoms with Crippen molar-refractivity contribution < 1.29 is 18.3 Å². The number of ether oxygens (including phenoxy) is 1. The number of rotatable bonds is 4. The molecule has 0 N–H and O–H groups in total. The van der Waals surface area contributed by atoms with Gasteiger partial charge in [-0.3, -0.25) is 0 Å². The Balaban J connectivity index is 1.38. The van der Waals surface area contributed by atoms with Crippen LogP contribution in [-0.2, 0) is 0 Å². The number of halogens is 2. The van der Waals surface area contributed by atoms with E-state index < -0.39 is 17.6 Å². The molecule has 2 nitrogen and oxygen atoms in total. The molecule has 0 spiro atoms. The second-order valence-corrected chi connectivity index (χ2v) is 8.49. The first-order valence-electron chi connectivity index (χ1n) is 11.2. The molecular formula is C28H26F2O2. The Morgan fingerprint density at radius 1 is 1.00 bits per heavy atom. The van der Waals surface area contributed by atoms with Gasteiger partial charge in [-0.15, -0.1) is 0 Å². The summed E-state index contributed by atoms with van der Waals surface area (Å²) >= 11 is 0. The fourth-order valence-electron chi connectivity index (χ4n) is 4.35. The number of fused-ring (bicyclic) bond motifs is 1. The molecule has 0 aliphatic heterocycles. The van der Waals surface area contributed by atoms with Crippen molar-refractivity contribution >= 4 is 16.7 Å². The minimum absolute atomic E-state index is 0.145. The maximum absolute atomic E-state index is 13.8. The van der Waals surface area contributed by atoms with Crippen molar-refractivity contribution in [3.63, 3.8) is 0 Å². The summed E-state index contributed by atoms with van der Waals surface area (Å²) in [6.07, 6.45) is 7.47. The van der Waals surface area contributed by atoms with E-state index in [2.05, 4.69) is 18.8 Å². The molecule has 0 heterocycles. The van der Waals surface area contributed by atoms with Crippen LogP contribution in [0.5, 0.6) is 5.75 Å². The van der Waals surface area contributed by atoms with Crippen LogP contribution in [0.2, 0.25) is 0 Å². The van der Waals surface area contributed by atoms with Crippen molar-refractivity contribution in [1.82, 2.24) is 0 Å². The highest BCUT2D eigenvalue weighted by molar-refractivity contribution is 5.92. The quantitative estimate of drug-likeness (QED) is 0.246. The first-order valence-corrected chi connectivity index (χ1v) is 11.2. The lowest BCUT2D eigenvalue weighted by Crippen LogP contribution is -2.13. The third kappa shape index (κ3) is 5.16. The van der Waals surface area contributed by atoms with E-state index in [4.69, 9.17) is 4.74 Å². The van der Waals surface area contributed by atoms with Crippen molar-refractivity contribution in [3.8, 4) is 17.6 Å². The molecule has 1 saturated carbocycles. The van der Waals surface area contributed by atoms with E-state index in [0.717, 1.165) is 17.5 Å². The van der Waals surface area contributed by atoms with Gasteiger partial charge in [0.05, 0.1) is 5.56 Å². The molecule has 0 unspecified atom stereocenters. The molecule has 4 rings (SSSR count). The summed E-state index contributed by atoms with van der Waals surface area (Å²) in [5.74, 6) is 5.90. The van der Waals surface area contributed by atoms with E-state index in [9.17, 15) is 13.6 Å². The van der Waals surface area contributed by atoms with Crippen LogP contribution in [0.4, 0.5) is 8.78 Å². The minimum atomic E-state index is -0.911. The van der Waals surface area contributed by atoms with Crippen molar-refractivity contribution in [2.45, 2.75) is 45.4 Å². The van der Waals surface area contributed by atoms with Gasteiger partial charge in [0, 0.05) is 16.9 Å². The molecule has 164 valence electrons. The van der Waals surface area contributed by atoms with Crippen LogP contribution >= 0.6 is 0 Å². The number of hydrogen-bond acceptors (Lipinski definition) is 2. The summed E-state index contributed by atoms with van der Waals surface area (Å²) < 4.78 is 32.6. The minimum Gasteiger partial charge on any atom is -0.423 e. The maximum atomic E-state index is 13.8. The van der Waals surface area contributed by atoms with Gasteiger partial charge < -0.3 is 4.74 Å². The Kier molecular flexibility index (Phi) is 6.85. The van der Waals surface area contributed by atoms with Gasteiger partial charge in [-0.1, -0.05) is 37.7 Å². The molecular weight excluding hydrogens is 406 g/mol. The summed E-state index contributed by atoms with van der Waals surface area (Å²) in [7, 11) is 0. The van der Waals surface area contributed by atoms with Crippen LogP contribution in [0.25, 0.3) is 10.8 Å². The lowest BCUT2D eigenvalue weighted by Gasteiger charge is -2.25. The van der Waals surface area contributed by atoms with E-state index in [1.807, 2.05) is 12.1 Å². The van der Waals surface area contributed by atoms with Gasteiger partial charge in [-0.25, -0.2) is 13.6 Å². The van der Waals surface area contributed by atoms with Crippen LogP contribution in [0, 0.1) is 35.3 Å². The van der Waals surface area contributed by atoms with Gasteiger partial charge in [0.2, 0.25) is 0 Å². The van der Waals surface area contributed by atoms with Crippen molar-refractivity contribution in [3.05, 3.63) is 77.4 Å². The van der Waals surface area contributed by atoms with E-state index >= 15 is 0 Å². The zero-order chi connectivity index (χ0) is 22.5. The molecule has 0 atom stereocenters. The largest absolute Gasteiger partial charge is 0.423 e. The lowest BCUT2D eigenvalue weighted by atomic mass is 9.80. The topological polar surface area (TPSA) is 26.3 Å². The van der Waals surface area contributed by atoms with Crippen molar-refractivity contribution in [2.24, 2.45) is 11.8 Å². The highest BCUT2D eigenvalue weighted by Crippen LogP contribution is 2.31. The molecule has 32 heavy (non-hydrogen) atoms. The number of hydrogen-bond donors (Lipinski definition) is 0. The highest BCUT2D eigenvalue weighted by Gasteiger charge is 2.19. The second kappa shape index (κ2) is 9.96. The first kappa shape index (κ1) is 22.0. The van der Waals surface area contributed by atoms with Crippen LogP contribution in [0.3, 0.4) is 0 Å². The van der Waals surface area contributed by atoms with Gasteiger partial charge in [0.1, 0.15) is 5.75 Å². The predicted molar refractivity (Wildman–Crippen MR) is 122 cm³/mol. The first-order chi connectivity index (χ1) is 15.5. The number of carbonyl (C=O) groups excluding carboxylic acids is 1. The van der Waals surface area contributed by atoms with E-state index in [0.29, 0.717) is 16.9 Å². The average Bonchev–Trinajstić information content (AvgIpc) is 2.81. The number of esters is 1. The van der Waals surface area contributed by atoms with Crippen LogP contribution in [-0.4, -0.2) is 5.97 Å². The lowest BCUT2D eigenvalue weighted by molar-refractivity contribution is 0.0735. The molecule has 0 amide bonds. The van der Waals surface area contributed by atoms with Crippen molar-refractivity contribution in [1.29, 1.82) is 0 Å².